The molecule has 0 bridgehead atoms. The van der Waals surface area contributed by atoms with E-state index in [0.717, 1.165) is 21.2 Å². The topological polar surface area (TPSA) is 56.3 Å². The highest BCUT2D eigenvalue weighted by Gasteiger charge is 2.20. The van der Waals surface area contributed by atoms with Gasteiger partial charge in [0, 0.05) is 28.2 Å². The van der Waals surface area contributed by atoms with Gasteiger partial charge in [0.25, 0.3) is 0 Å². The minimum Gasteiger partial charge on any atom is -0.378 e. The Morgan fingerprint density at radius 2 is 1.60 bits per heavy atom. The molecular formula is C19H13NO3S2. The molecule has 2 aromatic carbocycles. The van der Waals surface area contributed by atoms with Crippen LogP contribution in [0.1, 0.15) is 0 Å². The first-order chi connectivity index (χ1) is 12.1. The zero-order valence-electron chi connectivity index (χ0n) is 13.0. The van der Waals surface area contributed by atoms with Crippen molar-refractivity contribution in [3.63, 3.8) is 0 Å². The summed E-state index contributed by atoms with van der Waals surface area (Å²) >= 11 is 1.17. The van der Waals surface area contributed by atoms with Crippen molar-refractivity contribution in [2.75, 3.05) is 0 Å². The van der Waals surface area contributed by atoms with Gasteiger partial charge in [0.15, 0.2) is 4.21 Å². The van der Waals surface area contributed by atoms with E-state index in [-0.39, 0.29) is 4.21 Å². The van der Waals surface area contributed by atoms with Crippen LogP contribution < -0.4 is 4.18 Å². The van der Waals surface area contributed by atoms with Gasteiger partial charge in [-0.15, -0.1) is 11.3 Å². The molecule has 0 fully saturated rings. The molecule has 2 heterocycles. The van der Waals surface area contributed by atoms with Gasteiger partial charge in [-0.1, -0.05) is 42.5 Å². The van der Waals surface area contributed by atoms with E-state index < -0.39 is 10.1 Å². The molecule has 0 aliphatic rings. The van der Waals surface area contributed by atoms with Crippen LogP contribution in [0.25, 0.3) is 21.2 Å². The summed E-state index contributed by atoms with van der Waals surface area (Å²) in [6, 6.07) is 19.7. The summed E-state index contributed by atoms with van der Waals surface area (Å²) in [6.07, 6.45) is 3.55. The number of rotatable bonds is 4. The molecule has 4 rings (SSSR count). The van der Waals surface area contributed by atoms with E-state index in [0.29, 0.717) is 5.75 Å². The molecule has 0 amide bonds. The van der Waals surface area contributed by atoms with Crippen LogP contribution in [-0.4, -0.2) is 13.4 Å². The monoisotopic (exact) mass is 367 g/mol. The molecule has 4 aromatic rings. The number of hydrogen-bond donors (Lipinski definition) is 0. The van der Waals surface area contributed by atoms with Crippen LogP contribution in [0, 0.1) is 0 Å². The van der Waals surface area contributed by atoms with E-state index in [4.69, 9.17) is 4.18 Å². The molecule has 124 valence electrons. The van der Waals surface area contributed by atoms with Gasteiger partial charge in [0.05, 0.1) is 0 Å². The molecule has 2 aromatic heterocycles. The van der Waals surface area contributed by atoms with E-state index >= 15 is 0 Å². The first-order valence-corrected chi connectivity index (χ1v) is 9.78. The van der Waals surface area contributed by atoms with Gasteiger partial charge >= 0.3 is 10.1 Å². The number of thiophene rings is 1. The first kappa shape index (κ1) is 15.8. The average Bonchev–Trinajstić information content (AvgIpc) is 3.13. The summed E-state index contributed by atoms with van der Waals surface area (Å²) in [6.45, 7) is 0. The fourth-order valence-electron chi connectivity index (χ4n) is 2.56. The van der Waals surface area contributed by atoms with E-state index in [2.05, 4.69) is 4.98 Å². The predicted molar refractivity (Wildman–Crippen MR) is 99.3 cm³/mol. The zero-order chi connectivity index (χ0) is 17.3. The highest BCUT2D eigenvalue weighted by molar-refractivity contribution is 7.89. The third-order valence-corrected chi connectivity index (χ3v) is 6.53. The van der Waals surface area contributed by atoms with Crippen molar-refractivity contribution < 1.29 is 12.6 Å². The number of para-hydroxylation sites is 1. The number of pyridine rings is 1. The molecular weight excluding hydrogens is 354 g/mol. The van der Waals surface area contributed by atoms with Crippen molar-refractivity contribution in [2.45, 2.75) is 4.21 Å². The third kappa shape index (κ3) is 3.14. The van der Waals surface area contributed by atoms with Gasteiger partial charge in [-0.2, -0.15) is 8.42 Å². The smallest absolute Gasteiger partial charge is 0.348 e. The van der Waals surface area contributed by atoms with Crippen LogP contribution in [0.3, 0.4) is 0 Å². The largest absolute Gasteiger partial charge is 0.378 e. The Labute approximate surface area is 149 Å². The van der Waals surface area contributed by atoms with Gasteiger partial charge in [-0.05, 0) is 29.7 Å². The first-order valence-electron chi connectivity index (χ1n) is 7.56. The third-order valence-electron chi connectivity index (χ3n) is 3.71. The van der Waals surface area contributed by atoms with E-state index in [1.54, 1.807) is 54.9 Å². The van der Waals surface area contributed by atoms with Crippen LogP contribution >= 0.6 is 11.3 Å². The van der Waals surface area contributed by atoms with Gasteiger partial charge in [-0.3, -0.25) is 4.98 Å². The lowest BCUT2D eigenvalue weighted by atomic mass is 10.1. The summed E-state index contributed by atoms with van der Waals surface area (Å²) in [5.41, 5.74) is 0.907. The molecule has 0 saturated carbocycles. The highest BCUT2D eigenvalue weighted by Crippen LogP contribution is 2.35. The number of aromatic nitrogens is 1. The number of hydrogen-bond acceptors (Lipinski definition) is 5. The Kier molecular flexibility index (Phi) is 3.99. The summed E-state index contributed by atoms with van der Waals surface area (Å²) in [7, 11) is -3.86. The molecule has 0 radical (unpaired) electrons. The van der Waals surface area contributed by atoms with Crippen molar-refractivity contribution >= 4 is 32.2 Å². The lowest BCUT2D eigenvalue weighted by Gasteiger charge is -2.05. The molecule has 4 nitrogen and oxygen atoms in total. The van der Waals surface area contributed by atoms with E-state index in [1.165, 1.54) is 11.3 Å². The molecule has 0 saturated heterocycles. The maximum absolute atomic E-state index is 12.5. The Morgan fingerprint density at radius 3 is 2.44 bits per heavy atom. The molecule has 0 N–H and O–H groups in total. The van der Waals surface area contributed by atoms with Crippen LogP contribution in [0.5, 0.6) is 5.75 Å². The highest BCUT2D eigenvalue weighted by atomic mass is 32.3. The van der Waals surface area contributed by atoms with Gasteiger partial charge in [0.1, 0.15) is 5.75 Å². The predicted octanol–water partition coefficient (Wildman–Crippen LogP) is 4.73. The van der Waals surface area contributed by atoms with Gasteiger partial charge in [0.2, 0.25) is 0 Å². The summed E-state index contributed by atoms with van der Waals surface area (Å²) in [5.74, 6) is 0.296. The molecule has 0 spiro atoms. The fourth-order valence-corrected chi connectivity index (χ4v) is 4.78. The number of fused-ring (bicyclic) bond motifs is 1. The lowest BCUT2D eigenvalue weighted by Crippen LogP contribution is -2.07. The Morgan fingerprint density at radius 1 is 0.840 bits per heavy atom. The standard InChI is InChI=1S/C19H13NO3S2/c21-25(22,23-15-7-2-1-3-8-15)19-11-10-18(24-19)17-13-20-12-14-6-4-5-9-16(14)17/h1-13H. The number of nitrogens with zero attached hydrogens (tertiary/aromatic N) is 1. The van der Waals surface area contributed by atoms with Crippen molar-refractivity contribution in [1.82, 2.24) is 4.98 Å². The van der Waals surface area contributed by atoms with Gasteiger partial charge < -0.3 is 4.18 Å². The summed E-state index contributed by atoms with van der Waals surface area (Å²) in [4.78, 5) is 5.09. The maximum Gasteiger partial charge on any atom is 0.348 e. The molecule has 0 aliphatic carbocycles. The SMILES string of the molecule is O=S(=O)(Oc1ccccc1)c1ccc(-c2cncc3ccccc23)s1. The van der Waals surface area contributed by atoms with Crippen molar-refractivity contribution in [2.24, 2.45) is 0 Å². The molecule has 6 heteroatoms. The minimum atomic E-state index is -3.86. The van der Waals surface area contributed by atoms with Gasteiger partial charge in [-0.25, -0.2) is 0 Å². The maximum atomic E-state index is 12.5. The second-order valence-corrected chi connectivity index (χ2v) is 8.23. The van der Waals surface area contributed by atoms with Crippen molar-refractivity contribution in [3.05, 3.63) is 79.1 Å². The molecule has 0 unspecified atom stereocenters. The minimum absolute atomic E-state index is 0.166. The zero-order valence-corrected chi connectivity index (χ0v) is 14.6. The molecule has 0 aliphatic heterocycles. The van der Waals surface area contributed by atoms with Crippen molar-refractivity contribution in [1.29, 1.82) is 0 Å². The molecule has 25 heavy (non-hydrogen) atoms. The quantitative estimate of drug-likeness (QED) is 0.489. The summed E-state index contributed by atoms with van der Waals surface area (Å²) < 4.78 is 30.3. The fraction of sp³-hybridized carbons (Fsp3) is 0. The van der Waals surface area contributed by atoms with Crippen LogP contribution in [0.15, 0.2) is 83.3 Å². The Hall–Kier alpha value is -2.70. The van der Waals surface area contributed by atoms with Crippen LogP contribution in [-0.2, 0) is 10.1 Å². The average molecular weight is 367 g/mol. The second kappa shape index (κ2) is 6.31. The summed E-state index contributed by atoms with van der Waals surface area (Å²) in [5, 5.41) is 2.05. The normalized spacial score (nSPS) is 11.5. The van der Waals surface area contributed by atoms with E-state index in [1.807, 2.05) is 24.3 Å². The lowest BCUT2D eigenvalue weighted by molar-refractivity contribution is 0.488. The Balaban J connectivity index is 1.72. The number of benzene rings is 2. The van der Waals surface area contributed by atoms with E-state index in [9.17, 15) is 8.42 Å². The Bertz CT molecular complexity index is 1130. The second-order valence-electron chi connectivity index (χ2n) is 5.38. The van der Waals surface area contributed by atoms with Crippen LogP contribution in [0.4, 0.5) is 0 Å². The van der Waals surface area contributed by atoms with Crippen LogP contribution in [0.2, 0.25) is 0 Å². The van der Waals surface area contributed by atoms with Crippen molar-refractivity contribution in [3.8, 4) is 16.2 Å². The molecule has 0 atom stereocenters.